The molecule has 0 radical (unpaired) electrons. The minimum atomic E-state index is -3.65. The maximum atomic E-state index is 14.6. The van der Waals surface area contributed by atoms with Crippen LogP contribution < -0.4 is 8.61 Å². The van der Waals surface area contributed by atoms with Crippen LogP contribution in [0.15, 0.2) is 42.5 Å². The van der Waals surface area contributed by atoms with Gasteiger partial charge in [-0.3, -0.25) is 13.4 Å². The Bertz CT molecular complexity index is 1050. The van der Waals surface area contributed by atoms with Gasteiger partial charge >= 0.3 is 6.09 Å². The van der Waals surface area contributed by atoms with Gasteiger partial charge in [0, 0.05) is 25.7 Å². The number of rotatable bonds is 4. The Balaban J connectivity index is 1.46. The van der Waals surface area contributed by atoms with Crippen LogP contribution in [0, 0.1) is 17.6 Å². The van der Waals surface area contributed by atoms with E-state index in [1.807, 2.05) is 20.8 Å². The summed E-state index contributed by atoms with van der Waals surface area (Å²) in [7, 11) is -3.65. The molecule has 1 amide bonds. The van der Waals surface area contributed by atoms with Gasteiger partial charge in [-0.25, -0.2) is 17.9 Å². The fourth-order valence-corrected chi connectivity index (χ4v) is 6.17. The Morgan fingerprint density at radius 3 is 2.35 bits per heavy atom. The predicted molar refractivity (Wildman–Crippen MR) is 130 cm³/mol. The molecule has 2 N–H and O–H groups in total. The van der Waals surface area contributed by atoms with Crippen molar-refractivity contribution in [2.45, 2.75) is 45.6 Å². The molecule has 2 aromatic carbocycles. The molecule has 0 aliphatic carbocycles. The highest BCUT2D eigenvalue weighted by atomic mass is 32.3. The van der Waals surface area contributed by atoms with Gasteiger partial charge in [0.1, 0.15) is 22.9 Å². The summed E-state index contributed by atoms with van der Waals surface area (Å²) < 4.78 is 58.9. The van der Waals surface area contributed by atoms with E-state index in [4.69, 9.17) is 4.74 Å². The number of carbonyl (C=O) groups is 1. The molecule has 0 saturated carbocycles. The average molecular weight is 496 g/mol. The van der Waals surface area contributed by atoms with Crippen molar-refractivity contribution in [2.75, 3.05) is 28.2 Å². The van der Waals surface area contributed by atoms with E-state index in [1.165, 1.54) is 4.31 Å². The minimum Gasteiger partial charge on any atom is -0.444 e. The number of piperidine rings is 1. The number of likely N-dealkylation sites (tertiary alicyclic amines) is 1. The fraction of sp³-hybridized carbons (Fsp3) is 0.458. The molecule has 0 unspecified atom stereocenters. The largest absolute Gasteiger partial charge is 0.444 e. The standard InChI is InChI=1S/C24H31F2N3O4S/c1-24(2,3)33-23(30)27-13-10-17(11-14-27)12-15-28-20-6-4-5-7-21(20)29(34(28,31)32)22-16-18(25)8-9-19(22)26/h4-9,16-17,31-32H,10-15H2,1-3H3. The van der Waals surface area contributed by atoms with E-state index in [0.717, 1.165) is 35.3 Å². The summed E-state index contributed by atoms with van der Waals surface area (Å²) in [6.45, 7) is 6.98. The number of carbonyl (C=O) groups excluding carboxylic acids is 1. The number of hydrogen-bond donors (Lipinski definition) is 2. The van der Waals surface area contributed by atoms with Gasteiger partial charge in [-0.05, 0) is 81.2 Å². The zero-order valence-electron chi connectivity index (χ0n) is 19.6. The lowest BCUT2D eigenvalue weighted by Crippen LogP contribution is -2.42. The molecular formula is C24H31F2N3O4S. The first-order valence-corrected chi connectivity index (χ1v) is 12.8. The molecule has 0 atom stereocenters. The third-order valence-corrected chi connectivity index (χ3v) is 7.90. The first-order chi connectivity index (χ1) is 16.0. The molecule has 186 valence electrons. The maximum absolute atomic E-state index is 14.6. The highest BCUT2D eigenvalue weighted by Crippen LogP contribution is 2.64. The van der Waals surface area contributed by atoms with Crippen LogP contribution in [-0.4, -0.2) is 45.3 Å². The van der Waals surface area contributed by atoms with Crippen molar-refractivity contribution in [3.05, 3.63) is 54.1 Å². The highest BCUT2D eigenvalue weighted by molar-refractivity contribution is 8.27. The molecule has 2 aromatic rings. The van der Waals surface area contributed by atoms with Crippen LogP contribution in [0.4, 0.5) is 30.6 Å². The Morgan fingerprint density at radius 2 is 1.71 bits per heavy atom. The summed E-state index contributed by atoms with van der Waals surface area (Å²) in [6, 6.07) is 9.83. The lowest BCUT2D eigenvalue weighted by atomic mass is 9.93. The van der Waals surface area contributed by atoms with Crippen molar-refractivity contribution in [1.29, 1.82) is 0 Å². The van der Waals surface area contributed by atoms with Crippen LogP contribution in [0.25, 0.3) is 0 Å². The summed E-state index contributed by atoms with van der Waals surface area (Å²) in [6.07, 6.45) is 1.89. The molecule has 2 heterocycles. The summed E-state index contributed by atoms with van der Waals surface area (Å²) in [5.41, 5.74) is 0.197. The monoisotopic (exact) mass is 495 g/mol. The van der Waals surface area contributed by atoms with E-state index >= 15 is 0 Å². The van der Waals surface area contributed by atoms with Gasteiger partial charge in [0.05, 0.1) is 11.4 Å². The SMILES string of the molecule is CC(C)(C)OC(=O)N1CCC(CCN2c3ccccc3N(c3cc(F)ccc3F)S2(O)O)CC1. The van der Waals surface area contributed by atoms with Crippen molar-refractivity contribution >= 4 is 34.1 Å². The van der Waals surface area contributed by atoms with E-state index in [-0.39, 0.29) is 17.7 Å². The quantitative estimate of drug-likeness (QED) is 0.502. The molecule has 2 aliphatic heterocycles. The number of para-hydroxylation sites is 2. The van der Waals surface area contributed by atoms with Crippen LogP contribution in [-0.2, 0) is 4.74 Å². The van der Waals surface area contributed by atoms with Gasteiger partial charge in [0.2, 0.25) is 0 Å². The number of anilines is 3. The van der Waals surface area contributed by atoms with Crippen molar-refractivity contribution in [1.82, 2.24) is 4.90 Å². The van der Waals surface area contributed by atoms with Gasteiger partial charge in [0.15, 0.2) is 0 Å². The lowest BCUT2D eigenvalue weighted by molar-refractivity contribution is 0.0182. The van der Waals surface area contributed by atoms with Gasteiger partial charge in [-0.15, -0.1) is 0 Å². The fourth-order valence-electron chi connectivity index (χ4n) is 4.39. The van der Waals surface area contributed by atoms with Crippen LogP contribution >= 0.6 is 11.0 Å². The first-order valence-electron chi connectivity index (χ1n) is 11.4. The van der Waals surface area contributed by atoms with E-state index in [0.29, 0.717) is 37.4 Å². The van der Waals surface area contributed by atoms with Gasteiger partial charge in [0.25, 0.3) is 0 Å². The molecule has 1 fully saturated rings. The van der Waals surface area contributed by atoms with Crippen LogP contribution in [0.1, 0.15) is 40.0 Å². The second-order valence-electron chi connectivity index (χ2n) is 9.67. The molecule has 7 nitrogen and oxygen atoms in total. The first kappa shape index (κ1) is 24.6. The highest BCUT2D eigenvalue weighted by Gasteiger charge is 2.43. The van der Waals surface area contributed by atoms with E-state index < -0.39 is 28.2 Å². The second-order valence-corrected chi connectivity index (χ2v) is 11.5. The molecule has 1 saturated heterocycles. The van der Waals surface area contributed by atoms with Crippen LogP contribution in [0.5, 0.6) is 0 Å². The molecule has 2 aliphatic rings. The predicted octanol–water partition coefficient (Wildman–Crippen LogP) is 6.54. The minimum absolute atomic E-state index is 0.222. The molecule has 10 heteroatoms. The Kier molecular flexibility index (Phi) is 6.67. The molecular weight excluding hydrogens is 464 g/mol. The number of amides is 1. The topological polar surface area (TPSA) is 76.5 Å². The summed E-state index contributed by atoms with van der Waals surface area (Å²) in [5.74, 6) is -1.13. The Labute approximate surface area is 200 Å². The number of nitrogens with zero attached hydrogens (tertiary/aromatic N) is 3. The molecule has 0 spiro atoms. The van der Waals surface area contributed by atoms with E-state index in [2.05, 4.69) is 0 Å². The third-order valence-electron chi connectivity index (χ3n) is 6.04. The van der Waals surface area contributed by atoms with Gasteiger partial charge in [-0.1, -0.05) is 12.1 Å². The summed E-state index contributed by atoms with van der Waals surface area (Å²) in [4.78, 5) is 14.0. The van der Waals surface area contributed by atoms with E-state index in [1.54, 1.807) is 29.2 Å². The van der Waals surface area contributed by atoms with Crippen molar-refractivity contribution in [2.24, 2.45) is 5.92 Å². The van der Waals surface area contributed by atoms with Crippen molar-refractivity contribution < 1.29 is 27.4 Å². The number of hydrogen-bond acceptors (Lipinski definition) is 6. The lowest BCUT2D eigenvalue weighted by Gasteiger charge is -2.44. The normalized spacial score (nSPS) is 19.2. The Morgan fingerprint density at radius 1 is 1.06 bits per heavy atom. The zero-order valence-corrected chi connectivity index (χ0v) is 20.4. The summed E-state index contributed by atoms with van der Waals surface area (Å²) in [5, 5.41) is 0. The second kappa shape index (κ2) is 9.24. The molecule has 0 aromatic heterocycles. The summed E-state index contributed by atoms with van der Waals surface area (Å²) >= 11 is 0. The van der Waals surface area contributed by atoms with Gasteiger partial charge in [-0.2, -0.15) is 0 Å². The number of benzene rings is 2. The maximum Gasteiger partial charge on any atom is 0.410 e. The third kappa shape index (κ3) is 4.94. The smallest absolute Gasteiger partial charge is 0.410 e. The zero-order chi connectivity index (χ0) is 24.7. The Hall–Kier alpha value is -2.56. The average Bonchev–Trinajstić information content (AvgIpc) is 2.99. The molecule has 0 bridgehead atoms. The number of halogens is 2. The molecule has 34 heavy (non-hydrogen) atoms. The van der Waals surface area contributed by atoms with E-state index in [9.17, 15) is 22.7 Å². The van der Waals surface area contributed by atoms with Gasteiger partial charge < -0.3 is 9.64 Å². The van der Waals surface area contributed by atoms with Crippen molar-refractivity contribution in [3.8, 4) is 0 Å². The number of ether oxygens (including phenoxy) is 1. The number of fused-ring (bicyclic) bond motifs is 1. The molecule has 4 rings (SSSR count). The van der Waals surface area contributed by atoms with Crippen LogP contribution in [0.3, 0.4) is 0 Å². The van der Waals surface area contributed by atoms with Crippen molar-refractivity contribution in [3.63, 3.8) is 0 Å². The van der Waals surface area contributed by atoms with Crippen LogP contribution in [0.2, 0.25) is 0 Å².